The first-order chi connectivity index (χ1) is 7.58. The molecule has 0 unspecified atom stereocenters. The molecule has 0 amide bonds. The molecule has 0 spiro atoms. The van der Waals surface area contributed by atoms with Crippen LogP contribution >= 0.6 is 12.4 Å². The molecule has 0 radical (unpaired) electrons. The van der Waals surface area contributed by atoms with Crippen molar-refractivity contribution < 1.29 is 8.42 Å². The van der Waals surface area contributed by atoms with E-state index in [2.05, 4.69) is 0 Å². The summed E-state index contributed by atoms with van der Waals surface area (Å²) in [5, 5.41) is 0. The van der Waals surface area contributed by atoms with Crippen LogP contribution in [0.5, 0.6) is 0 Å². The second-order valence-corrected chi connectivity index (χ2v) is 7.20. The molecule has 4 nitrogen and oxygen atoms in total. The van der Waals surface area contributed by atoms with Gasteiger partial charge in [-0.25, -0.2) is 12.7 Å². The highest BCUT2D eigenvalue weighted by atomic mass is 35.5. The quantitative estimate of drug-likeness (QED) is 0.850. The fourth-order valence-corrected chi connectivity index (χ4v) is 4.77. The highest BCUT2D eigenvalue weighted by molar-refractivity contribution is 7.89. The summed E-state index contributed by atoms with van der Waals surface area (Å²) in [6.07, 6.45) is 6.41. The molecule has 102 valence electrons. The Labute approximate surface area is 110 Å². The highest BCUT2D eigenvalue weighted by Gasteiger charge is 2.30. The third-order valence-corrected chi connectivity index (χ3v) is 5.75. The van der Waals surface area contributed by atoms with Crippen LogP contribution in [-0.2, 0) is 10.0 Å². The summed E-state index contributed by atoms with van der Waals surface area (Å²) in [6, 6.07) is 0.0344. The Kier molecular flexibility index (Phi) is 5.70. The highest BCUT2D eigenvalue weighted by Crippen LogP contribution is 2.27. The van der Waals surface area contributed by atoms with Crippen LogP contribution < -0.4 is 5.73 Å². The van der Waals surface area contributed by atoms with Gasteiger partial charge in [-0.2, -0.15) is 0 Å². The largest absolute Gasteiger partial charge is 0.327 e. The smallest absolute Gasteiger partial charge is 0.214 e. The van der Waals surface area contributed by atoms with Crippen molar-refractivity contribution in [3.8, 4) is 0 Å². The van der Waals surface area contributed by atoms with E-state index < -0.39 is 10.0 Å². The second kappa shape index (κ2) is 6.36. The molecule has 0 aromatic rings. The van der Waals surface area contributed by atoms with Gasteiger partial charge in [-0.15, -0.1) is 12.4 Å². The number of rotatable bonds is 3. The number of nitrogens with two attached hydrogens (primary N) is 1. The molecule has 1 aliphatic carbocycles. The summed E-state index contributed by atoms with van der Waals surface area (Å²) in [5.74, 6) is 0.739. The van der Waals surface area contributed by atoms with Crippen molar-refractivity contribution in [1.82, 2.24) is 4.31 Å². The number of halogens is 1. The van der Waals surface area contributed by atoms with Crippen LogP contribution in [0.1, 0.15) is 38.5 Å². The van der Waals surface area contributed by atoms with Gasteiger partial charge in [-0.3, -0.25) is 0 Å². The zero-order valence-electron chi connectivity index (χ0n) is 10.2. The van der Waals surface area contributed by atoms with E-state index in [1.165, 1.54) is 12.8 Å². The van der Waals surface area contributed by atoms with Crippen LogP contribution in [0, 0.1) is 5.92 Å². The monoisotopic (exact) mass is 282 g/mol. The molecule has 17 heavy (non-hydrogen) atoms. The maximum atomic E-state index is 12.2. The SMILES string of the molecule is Cl.N[C@@H]1CCCN(S(=O)(=O)CC2CCCC2)C1. The van der Waals surface area contributed by atoms with E-state index >= 15 is 0 Å². The van der Waals surface area contributed by atoms with E-state index in [9.17, 15) is 8.42 Å². The van der Waals surface area contributed by atoms with Crippen LogP contribution in [0.3, 0.4) is 0 Å². The Morgan fingerprint density at radius 1 is 1.12 bits per heavy atom. The van der Waals surface area contributed by atoms with E-state index in [4.69, 9.17) is 5.73 Å². The first kappa shape index (κ1) is 15.2. The zero-order valence-corrected chi connectivity index (χ0v) is 11.8. The van der Waals surface area contributed by atoms with E-state index in [-0.39, 0.29) is 18.4 Å². The number of nitrogens with zero attached hydrogens (tertiary/aromatic N) is 1. The molecule has 1 atom stereocenters. The minimum Gasteiger partial charge on any atom is -0.327 e. The molecule has 0 aromatic heterocycles. The predicted molar refractivity (Wildman–Crippen MR) is 71.8 cm³/mol. The van der Waals surface area contributed by atoms with Gasteiger partial charge in [0, 0.05) is 19.1 Å². The van der Waals surface area contributed by atoms with E-state index in [1.807, 2.05) is 0 Å². The Bertz CT molecular complexity index is 328. The van der Waals surface area contributed by atoms with Gasteiger partial charge in [-0.1, -0.05) is 12.8 Å². The van der Waals surface area contributed by atoms with Crippen LogP contribution in [0.25, 0.3) is 0 Å². The lowest BCUT2D eigenvalue weighted by Crippen LogP contribution is -2.47. The van der Waals surface area contributed by atoms with Crippen LogP contribution in [0.2, 0.25) is 0 Å². The molecule has 1 saturated carbocycles. The summed E-state index contributed by atoms with van der Waals surface area (Å²) in [5.41, 5.74) is 5.82. The molecular formula is C11H23ClN2O2S. The molecule has 0 aromatic carbocycles. The van der Waals surface area contributed by atoms with Crippen molar-refractivity contribution in [2.75, 3.05) is 18.8 Å². The summed E-state index contributed by atoms with van der Waals surface area (Å²) >= 11 is 0. The molecule has 0 bridgehead atoms. The topological polar surface area (TPSA) is 63.4 Å². The Hall–Kier alpha value is 0.160. The van der Waals surface area contributed by atoms with Crippen LogP contribution in [0.15, 0.2) is 0 Å². The predicted octanol–water partition coefficient (Wildman–Crippen LogP) is 1.35. The minimum absolute atomic E-state index is 0. The minimum atomic E-state index is -3.05. The van der Waals surface area contributed by atoms with Crippen LogP contribution in [0.4, 0.5) is 0 Å². The van der Waals surface area contributed by atoms with Gasteiger partial charge in [0.05, 0.1) is 5.75 Å². The lowest BCUT2D eigenvalue weighted by molar-refractivity contribution is 0.314. The lowest BCUT2D eigenvalue weighted by atomic mass is 10.1. The van der Waals surface area contributed by atoms with E-state index in [0.29, 0.717) is 24.8 Å². The maximum absolute atomic E-state index is 12.2. The molecular weight excluding hydrogens is 260 g/mol. The molecule has 2 aliphatic rings. The third kappa shape index (κ3) is 4.09. The Morgan fingerprint density at radius 2 is 1.76 bits per heavy atom. The average molecular weight is 283 g/mol. The summed E-state index contributed by atoms with van der Waals surface area (Å²) in [4.78, 5) is 0. The Balaban J connectivity index is 0.00000144. The van der Waals surface area contributed by atoms with Crippen molar-refractivity contribution in [3.05, 3.63) is 0 Å². The summed E-state index contributed by atoms with van der Waals surface area (Å²) in [6.45, 7) is 1.19. The van der Waals surface area contributed by atoms with Crippen molar-refractivity contribution in [2.24, 2.45) is 11.7 Å². The maximum Gasteiger partial charge on any atom is 0.214 e. The number of piperidine rings is 1. The summed E-state index contributed by atoms with van der Waals surface area (Å²) in [7, 11) is -3.05. The Morgan fingerprint density at radius 3 is 2.35 bits per heavy atom. The fourth-order valence-electron chi connectivity index (χ4n) is 2.81. The molecule has 6 heteroatoms. The lowest BCUT2D eigenvalue weighted by Gasteiger charge is -2.30. The molecule has 2 rings (SSSR count). The number of hydrogen-bond acceptors (Lipinski definition) is 3. The normalized spacial score (nSPS) is 27.9. The summed E-state index contributed by atoms with van der Waals surface area (Å²) < 4.78 is 25.9. The van der Waals surface area contributed by atoms with Crippen molar-refractivity contribution >= 4 is 22.4 Å². The molecule has 1 saturated heterocycles. The van der Waals surface area contributed by atoms with Gasteiger partial charge in [0.1, 0.15) is 0 Å². The van der Waals surface area contributed by atoms with Gasteiger partial charge in [0.2, 0.25) is 10.0 Å². The second-order valence-electron chi connectivity index (χ2n) is 5.19. The number of sulfonamides is 1. The van der Waals surface area contributed by atoms with Gasteiger partial charge < -0.3 is 5.73 Å². The fraction of sp³-hybridized carbons (Fsp3) is 1.00. The zero-order chi connectivity index (χ0) is 11.6. The van der Waals surface area contributed by atoms with Gasteiger partial charge in [0.25, 0.3) is 0 Å². The first-order valence-corrected chi connectivity index (χ1v) is 7.92. The van der Waals surface area contributed by atoms with Crippen LogP contribution in [-0.4, -0.2) is 37.6 Å². The van der Waals surface area contributed by atoms with E-state index in [0.717, 1.165) is 25.7 Å². The average Bonchev–Trinajstić information content (AvgIpc) is 2.70. The van der Waals surface area contributed by atoms with Gasteiger partial charge >= 0.3 is 0 Å². The van der Waals surface area contributed by atoms with Gasteiger partial charge in [0.15, 0.2) is 0 Å². The van der Waals surface area contributed by atoms with Gasteiger partial charge in [-0.05, 0) is 31.6 Å². The molecule has 2 N–H and O–H groups in total. The van der Waals surface area contributed by atoms with Crippen molar-refractivity contribution in [2.45, 2.75) is 44.6 Å². The molecule has 2 fully saturated rings. The number of hydrogen-bond donors (Lipinski definition) is 1. The standard InChI is InChI=1S/C11H22N2O2S.ClH/c12-11-6-3-7-13(8-11)16(14,15)9-10-4-1-2-5-10;/h10-11H,1-9,12H2;1H/t11-;/m1./s1. The first-order valence-electron chi connectivity index (χ1n) is 6.31. The van der Waals surface area contributed by atoms with Crippen molar-refractivity contribution in [3.63, 3.8) is 0 Å². The third-order valence-electron chi connectivity index (χ3n) is 3.74. The van der Waals surface area contributed by atoms with Crippen molar-refractivity contribution in [1.29, 1.82) is 0 Å². The molecule has 1 aliphatic heterocycles. The van der Waals surface area contributed by atoms with E-state index in [1.54, 1.807) is 4.31 Å². The molecule has 1 heterocycles.